The number of ketones is 2. The molecule has 0 aliphatic heterocycles. The Labute approximate surface area is 105 Å². The van der Waals surface area contributed by atoms with Crippen LogP contribution >= 0.6 is 38.9 Å². The van der Waals surface area contributed by atoms with Crippen LogP contribution in [0.3, 0.4) is 0 Å². The molecule has 1 aliphatic rings. The average molecular weight is 308 g/mol. The molecule has 1 saturated carbocycles. The SMILES string of the molecule is O=C1CC(=O)CC(c2cc(Br)c(Cl)s2)C1. The van der Waals surface area contributed by atoms with Crippen LogP contribution in [-0.2, 0) is 9.59 Å². The number of Topliss-reactive ketones (excluding diaryl/α,β-unsaturated/α-hetero) is 2. The van der Waals surface area contributed by atoms with Crippen molar-refractivity contribution in [2.24, 2.45) is 0 Å². The fourth-order valence-electron chi connectivity index (χ4n) is 1.75. The van der Waals surface area contributed by atoms with Crippen molar-refractivity contribution in [3.8, 4) is 0 Å². The molecule has 0 aromatic carbocycles. The van der Waals surface area contributed by atoms with Crippen LogP contribution in [0.15, 0.2) is 10.5 Å². The van der Waals surface area contributed by atoms with E-state index in [4.69, 9.17) is 11.6 Å². The second-order valence-corrected chi connectivity index (χ2v) is 6.17. The molecule has 1 aromatic heterocycles. The molecule has 80 valence electrons. The highest BCUT2D eigenvalue weighted by Crippen LogP contribution is 2.39. The van der Waals surface area contributed by atoms with Gasteiger partial charge in [0.15, 0.2) is 0 Å². The Hall–Kier alpha value is -0.190. The number of carbonyl (C=O) groups excluding carboxylic acids is 2. The predicted molar refractivity (Wildman–Crippen MR) is 63.6 cm³/mol. The third-order valence-electron chi connectivity index (χ3n) is 2.41. The van der Waals surface area contributed by atoms with E-state index in [1.54, 1.807) is 0 Å². The molecule has 1 heterocycles. The number of halogens is 2. The first-order valence-electron chi connectivity index (χ1n) is 4.54. The zero-order valence-corrected chi connectivity index (χ0v) is 10.9. The van der Waals surface area contributed by atoms with E-state index in [-0.39, 0.29) is 23.9 Å². The molecule has 0 bridgehead atoms. The summed E-state index contributed by atoms with van der Waals surface area (Å²) >= 11 is 10.7. The third-order valence-corrected chi connectivity index (χ3v) is 5.05. The highest BCUT2D eigenvalue weighted by atomic mass is 79.9. The molecule has 2 rings (SSSR count). The molecule has 0 atom stereocenters. The molecule has 0 spiro atoms. The normalized spacial score (nSPS) is 18.5. The van der Waals surface area contributed by atoms with Crippen LogP contribution < -0.4 is 0 Å². The van der Waals surface area contributed by atoms with Crippen LogP contribution in [0.1, 0.15) is 30.1 Å². The summed E-state index contributed by atoms with van der Waals surface area (Å²) in [5, 5.41) is 0. The first kappa shape index (κ1) is 11.3. The van der Waals surface area contributed by atoms with Gasteiger partial charge in [0.05, 0.1) is 6.42 Å². The fourth-order valence-corrected chi connectivity index (χ4v) is 3.59. The lowest BCUT2D eigenvalue weighted by Crippen LogP contribution is -2.20. The second-order valence-electron chi connectivity index (χ2n) is 3.63. The van der Waals surface area contributed by atoms with Crippen LogP contribution in [0.5, 0.6) is 0 Å². The maximum absolute atomic E-state index is 11.3. The molecule has 5 heteroatoms. The van der Waals surface area contributed by atoms with Crippen LogP contribution in [-0.4, -0.2) is 11.6 Å². The van der Waals surface area contributed by atoms with Gasteiger partial charge in [-0.25, -0.2) is 0 Å². The predicted octanol–water partition coefficient (Wildman–Crippen LogP) is 3.57. The highest BCUT2D eigenvalue weighted by molar-refractivity contribution is 9.10. The van der Waals surface area contributed by atoms with Crippen molar-refractivity contribution in [2.75, 3.05) is 0 Å². The first-order chi connectivity index (χ1) is 7.06. The van der Waals surface area contributed by atoms with E-state index in [9.17, 15) is 9.59 Å². The molecule has 2 nitrogen and oxygen atoms in total. The van der Waals surface area contributed by atoms with E-state index in [2.05, 4.69) is 15.9 Å². The van der Waals surface area contributed by atoms with Gasteiger partial charge in [-0.3, -0.25) is 9.59 Å². The topological polar surface area (TPSA) is 34.1 Å². The monoisotopic (exact) mass is 306 g/mol. The van der Waals surface area contributed by atoms with E-state index in [1.807, 2.05) is 6.07 Å². The Balaban J connectivity index is 2.23. The minimum absolute atomic E-state index is 0.0348. The molecular formula is C10H8BrClO2S. The Morgan fingerprint density at radius 3 is 2.40 bits per heavy atom. The molecule has 1 fully saturated rings. The van der Waals surface area contributed by atoms with E-state index < -0.39 is 0 Å². The van der Waals surface area contributed by atoms with Crippen LogP contribution in [0, 0.1) is 0 Å². The molecule has 0 amide bonds. The lowest BCUT2D eigenvalue weighted by molar-refractivity contribution is -0.130. The lowest BCUT2D eigenvalue weighted by Gasteiger charge is -2.18. The van der Waals surface area contributed by atoms with Gasteiger partial charge in [-0.2, -0.15) is 0 Å². The second kappa shape index (κ2) is 4.36. The van der Waals surface area contributed by atoms with Gasteiger partial charge >= 0.3 is 0 Å². The standard InChI is InChI=1S/C10H8BrClO2S/c11-8-4-9(15-10(8)12)5-1-6(13)3-7(14)2-5/h4-5H,1-3H2. The number of hydrogen-bond donors (Lipinski definition) is 0. The minimum atomic E-state index is 0.0348. The summed E-state index contributed by atoms with van der Waals surface area (Å²) in [5.74, 6) is 0.112. The van der Waals surface area contributed by atoms with Crippen molar-refractivity contribution in [3.63, 3.8) is 0 Å². The maximum Gasteiger partial charge on any atom is 0.140 e. The summed E-state index contributed by atoms with van der Waals surface area (Å²) in [5.41, 5.74) is 0. The maximum atomic E-state index is 11.3. The molecule has 1 aromatic rings. The van der Waals surface area contributed by atoms with Crippen molar-refractivity contribution in [2.45, 2.75) is 25.2 Å². The Bertz CT molecular complexity index is 392. The molecular weight excluding hydrogens is 300 g/mol. The Morgan fingerprint density at radius 2 is 1.93 bits per heavy atom. The summed E-state index contributed by atoms with van der Waals surface area (Å²) in [4.78, 5) is 23.6. The molecule has 0 N–H and O–H groups in total. The summed E-state index contributed by atoms with van der Waals surface area (Å²) in [6, 6.07) is 1.91. The largest absolute Gasteiger partial charge is 0.299 e. The van der Waals surface area contributed by atoms with Crippen LogP contribution in [0.4, 0.5) is 0 Å². The van der Waals surface area contributed by atoms with Gasteiger partial charge in [-0.1, -0.05) is 11.6 Å². The van der Waals surface area contributed by atoms with Gasteiger partial charge in [0, 0.05) is 28.1 Å². The van der Waals surface area contributed by atoms with Gasteiger partial charge in [-0.15, -0.1) is 11.3 Å². The number of rotatable bonds is 1. The summed E-state index contributed by atoms with van der Waals surface area (Å²) in [6.07, 6.45) is 1.04. The zero-order valence-electron chi connectivity index (χ0n) is 7.76. The van der Waals surface area contributed by atoms with Gasteiger partial charge < -0.3 is 0 Å². The Morgan fingerprint density at radius 1 is 1.33 bits per heavy atom. The van der Waals surface area contributed by atoms with Crippen molar-refractivity contribution in [3.05, 3.63) is 19.8 Å². The molecule has 15 heavy (non-hydrogen) atoms. The van der Waals surface area contributed by atoms with Crippen molar-refractivity contribution < 1.29 is 9.59 Å². The Kier molecular flexibility index (Phi) is 3.28. The molecule has 1 aliphatic carbocycles. The highest BCUT2D eigenvalue weighted by Gasteiger charge is 2.28. The van der Waals surface area contributed by atoms with E-state index in [0.29, 0.717) is 17.2 Å². The summed E-state index contributed by atoms with van der Waals surface area (Å²) < 4.78 is 1.52. The molecule has 0 unspecified atom stereocenters. The van der Waals surface area contributed by atoms with Crippen molar-refractivity contribution in [1.82, 2.24) is 0 Å². The van der Waals surface area contributed by atoms with Crippen molar-refractivity contribution >= 4 is 50.4 Å². The summed E-state index contributed by atoms with van der Waals surface area (Å²) in [7, 11) is 0. The van der Waals surface area contributed by atoms with E-state index >= 15 is 0 Å². The average Bonchev–Trinajstić information content (AvgIpc) is 2.45. The number of hydrogen-bond acceptors (Lipinski definition) is 3. The first-order valence-corrected chi connectivity index (χ1v) is 6.53. The summed E-state index contributed by atoms with van der Waals surface area (Å²) in [6.45, 7) is 0. The number of carbonyl (C=O) groups is 2. The minimum Gasteiger partial charge on any atom is -0.299 e. The number of thiophene rings is 1. The smallest absolute Gasteiger partial charge is 0.140 e. The van der Waals surface area contributed by atoms with Crippen LogP contribution in [0.25, 0.3) is 0 Å². The van der Waals surface area contributed by atoms with Crippen LogP contribution in [0.2, 0.25) is 4.34 Å². The quantitative estimate of drug-likeness (QED) is 0.743. The lowest BCUT2D eigenvalue weighted by atomic mass is 9.86. The van der Waals surface area contributed by atoms with E-state index in [1.165, 1.54) is 11.3 Å². The molecule has 0 radical (unpaired) electrons. The zero-order chi connectivity index (χ0) is 11.0. The van der Waals surface area contributed by atoms with Gasteiger partial charge in [-0.05, 0) is 22.0 Å². The van der Waals surface area contributed by atoms with Gasteiger partial charge in [0.2, 0.25) is 0 Å². The fraction of sp³-hybridized carbons (Fsp3) is 0.400. The van der Waals surface area contributed by atoms with Gasteiger partial charge in [0.1, 0.15) is 15.9 Å². The van der Waals surface area contributed by atoms with Crippen molar-refractivity contribution in [1.29, 1.82) is 0 Å². The van der Waals surface area contributed by atoms with E-state index in [0.717, 1.165) is 9.35 Å². The third kappa shape index (κ3) is 2.49. The van der Waals surface area contributed by atoms with Gasteiger partial charge in [0.25, 0.3) is 0 Å². The molecule has 0 saturated heterocycles.